The minimum Gasteiger partial charge on any atom is -0.384 e. The van der Waals surface area contributed by atoms with E-state index in [4.69, 9.17) is 11.6 Å². The molecule has 0 aliphatic heterocycles. The molecule has 1 unspecified atom stereocenters. The highest BCUT2D eigenvalue weighted by molar-refractivity contribution is 9.10. The molecule has 104 valence electrons. The van der Waals surface area contributed by atoms with Crippen LogP contribution in [0.3, 0.4) is 0 Å². The molecule has 1 fully saturated rings. The summed E-state index contributed by atoms with van der Waals surface area (Å²) < 4.78 is 0.919. The van der Waals surface area contributed by atoms with Crippen LogP contribution in [0, 0.1) is 0 Å². The first-order valence-corrected chi connectivity index (χ1v) is 8.05. The van der Waals surface area contributed by atoms with Crippen molar-refractivity contribution >= 4 is 27.5 Å². The second-order valence-corrected chi connectivity index (χ2v) is 6.69. The number of benzene rings is 2. The van der Waals surface area contributed by atoms with Gasteiger partial charge in [-0.25, -0.2) is 0 Å². The predicted molar refractivity (Wildman–Crippen MR) is 86.2 cm³/mol. The fourth-order valence-corrected chi connectivity index (χ4v) is 3.20. The van der Waals surface area contributed by atoms with E-state index in [1.54, 1.807) is 6.07 Å². The minimum atomic E-state index is -0.685. The van der Waals surface area contributed by atoms with Crippen molar-refractivity contribution < 1.29 is 5.11 Å². The second kappa shape index (κ2) is 5.88. The first-order chi connectivity index (χ1) is 9.65. The summed E-state index contributed by atoms with van der Waals surface area (Å²) in [5.41, 5.74) is 3.00. The molecule has 1 atom stereocenters. The van der Waals surface area contributed by atoms with E-state index in [-0.39, 0.29) is 0 Å². The predicted octanol–water partition coefficient (Wildman–Crippen LogP) is 5.45. The number of hydrogen-bond acceptors (Lipinski definition) is 1. The Kier molecular flexibility index (Phi) is 4.16. The van der Waals surface area contributed by atoms with Gasteiger partial charge in [0, 0.05) is 15.1 Å². The lowest BCUT2D eigenvalue weighted by Gasteiger charge is -2.26. The third kappa shape index (κ3) is 2.78. The summed E-state index contributed by atoms with van der Waals surface area (Å²) in [7, 11) is 0. The number of rotatable bonds is 3. The Morgan fingerprint density at radius 3 is 2.40 bits per heavy atom. The van der Waals surface area contributed by atoms with Gasteiger partial charge in [0.1, 0.15) is 6.10 Å². The number of aliphatic hydroxyl groups is 1. The third-order valence-corrected chi connectivity index (χ3v) is 4.92. The molecule has 1 N–H and O–H groups in total. The maximum Gasteiger partial charge on any atom is 0.106 e. The maximum absolute atomic E-state index is 10.5. The Labute approximate surface area is 132 Å². The normalized spacial score (nSPS) is 16.8. The van der Waals surface area contributed by atoms with E-state index in [2.05, 4.69) is 28.1 Å². The Bertz CT molecular complexity index is 605. The Morgan fingerprint density at radius 1 is 1.10 bits per heavy atom. The lowest BCUT2D eigenvalue weighted by Crippen LogP contribution is -2.09. The van der Waals surface area contributed by atoms with Crippen LogP contribution in [0.15, 0.2) is 46.9 Å². The minimum absolute atomic E-state index is 0.587. The molecule has 2 aromatic rings. The van der Waals surface area contributed by atoms with Crippen molar-refractivity contribution in [2.45, 2.75) is 31.3 Å². The molecule has 0 aromatic heterocycles. The fourth-order valence-electron chi connectivity index (χ4n) is 2.60. The van der Waals surface area contributed by atoms with Crippen LogP contribution in [0.25, 0.3) is 0 Å². The molecule has 3 rings (SSSR count). The zero-order valence-electron chi connectivity index (χ0n) is 11.0. The largest absolute Gasteiger partial charge is 0.384 e. The fraction of sp³-hybridized carbons (Fsp3) is 0.294. The van der Waals surface area contributed by atoms with Crippen molar-refractivity contribution in [3.05, 3.63) is 68.7 Å². The van der Waals surface area contributed by atoms with Crippen LogP contribution in [0.2, 0.25) is 5.02 Å². The zero-order chi connectivity index (χ0) is 14.1. The van der Waals surface area contributed by atoms with Crippen molar-refractivity contribution in [2.75, 3.05) is 0 Å². The Morgan fingerprint density at radius 2 is 1.80 bits per heavy atom. The molecular formula is C17H16BrClO. The smallest absolute Gasteiger partial charge is 0.106 e. The SMILES string of the molecule is OC(c1ccc(C2CCC2)cc1)c1cc(Br)ccc1Cl. The van der Waals surface area contributed by atoms with Gasteiger partial charge >= 0.3 is 0 Å². The van der Waals surface area contributed by atoms with Crippen LogP contribution in [-0.2, 0) is 0 Å². The van der Waals surface area contributed by atoms with Gasteiger partial charge in [-0.15, -0.1) is 0 Å². The van der Waals surface area contributed by atoms with Gasteiger partial charge in [-0.2, -0.15) is 0 Å². The molecule has 2 aromatic carbocycles. The Hall–Kier alpha value is -0.830. The lowest BCUT2D eigenvalue weighted by atomic mass is 9.80. The van der Waals surface area contributed by atoms with Gasteiger partial charge in [0.15, 0.2) is 0 Å². The van der Waals surface area contributed by atoms with E-state index in [9.17, 15) is 5.11 Å². The average molecular weight is 352 g/mol. The van der Waals surface area contributed by atoms with Gasteiger partial charge in [0.25, 0.3) is 0 Å². The van der Waals surface area contributed by atoms with Crippen molar-refractivity contribution in [3.63, 3.8) is 0 Å². The van der Waals surface area contributed by atoms with Crippen LogP contribution in [0.1, 0.15) is 48.0 Å². The van der Waals surface area contributed by atoms with E-state index in [1.165, 1.54) is 24.8 Å². The van der Waals surface area contributed by atoms with Crippen LogP contribution < -0.4 is 0 Å². The van der Waals surface area contributed by atoms with E-state index < -0.39 is 6.10 Å². The topological polar surface area (TPSA) is 20.2 Å². The summed E-state index contributed by atoms with van der Waals surface area (Å²) in [4.78, 5) is 0. The van der Waals surface area contributed by atoms with E-state index in [1.807, 2.05) is 24.3 Å². The van der Waals surface area contributed by atoms with Crippen LogP contribution in [-0.4, -0.2) is 5.11 Å². The van der Waals surface area contributed by atoms with E-state index >= 15 is 0 Å². The summed E-state index contributed by atoms with van der Waals surface area (Å²) in [5, 5.41) is 11.1. The van der Waals surface area contributed by atoms with Crippen molar-refractivity contribution in [2.24, 2.45) is 0 Å². The quantitative estimate of drug-likeness (QED) is 0.779. The first kappa shape index (κ1) is 14.1. The standard InChI is InChI=1S/C17H16BrClO/c18-14-8-9-16(19)15(10-14)17(20)13-6-4-12(5-7-13)11-2-1-3-11/h4-11,17,20H,1-3H2. The molecule has 0 bridgehead atoms. The van der Waals surface area contributed by atoms with Crippen molar-refractivity contribution in [1.29, 1.82) is 0 Å². The zero-order valence-corrected chi connectivity index (χ0v) is 13.4. The molecule has 1 nitrogen and oxygen atoms in total. The van der Waals surface area contributed by atoms with Gasteiger partial charge in [0.2, 0.25) is 0 Å². The Balaban J connectivity index is 1.85. The molecule has 0 saturated heterocycles. The highest BCUT2D eigenvalue weighted by atomic mass is 79.9. The van der Waals surface area contributed by atoms with Crippen LogP contribution >= 0.6 is 27.5 Å². The third-order valence-electron chi connectivity index (χ3n) is 4.08. The van der Waals surface area contributed by atoms with Gasteiger partial charge in [0.05, 0.1) is 0 Å². The molecule has 1 aliphatic rings. The summed E-state index contributed by atoms with van der Waals surface area (Å²) in [6.45, 7) is 0. The molecule has 0 amide bonds. The molecule has 3 heteroatoms. The van der Waals surface area contributed by atoms with Gasteiger partial charge in [-0.05, 0) is 48.1 Å². The molecule has 20 heavy (non-hydrogen) atoms. The van der Waals surface area contributed by atoms with E-state index in [0.717, 1.165) is 21.5 Å². The van der Waals surface area contributed by atoms with Gasteiger partial charge < -0.3 is 5.11 Å². The summed E-state index contributed by atoms with van der Waals surface area (Å²) >= 11 is 9.59. The molecule has 1 saturated carbocycles. The summed E-state index contributed by atoms with van der Waals surface area (Å²) in [5.74, 6) is 0.718. The molecular weight excluding hydrogens is 336 g/mol. The number of halogens is 2. The van der Waals surface area contributed by atoms with Crippen LogP contribution in [0.4, 0.5) is 0 Å². The molecule has 0 heterocycles. The summed E-state index contributed by atoms with van der Waals surface area (Å²) in [6.07, 6.45) is 3.23. The highest BCUT2D eigenvalue weighted by Crippen LogP contribution is 2.37. The molecule has 1 aliphatic carbocycles. The number of aliphatic hydroxyl groups excluding tert-OH is 1. The maximum atomic E-state index is 10.5. The number of hydrogen-bond donors (Lipinski definition) is 1. The van der Waals surface area contributed by atoms with Crippen molar-refractivity contribution in [3.8, 4) is 0 Å². The van der Waals surface area contributed by atoms with Crippen molar-refractivity contribution in [1.82, 2.24) is 0 Å². The second-order valence-electron chi connectivity index (χ2n) is 5.36. The van der Waals surface area contributed by atoms with Gasteiger partial charge in [-0.3, -0.25) is 0 Å². The van der Waals surface area contributed by atoms with E-state index in [0.29, 0.717) is 5.02 Å². The van der Waals surface area contributed by atoms with Gasteiger partial charge in [-0.1, -0.05) is 58.2 Å². The first-order valence-electron chi connectivity index (χ1n) is 6.88. The molecule has 0 spiro atoms. The lowest BCUT2D eigenvalue weighted by molar-refractivity contribution is 0.220. The molecule has 0 radical (unpaired) electrons. The highest BCUT2D eigenvalue weighted by Gasteiger charge is 2.20. The summed E-state index contributed by atoms with van der Waals surface area (Å²) in [6, 6.07) is 13.8. The monoisotopic (exact) mass is 350 g/mol. The average Bonchev–Trinajstić information content (AvgIpc) is 2.40. The van der Waals surface area contributed by atoms with Crippen LogP contribution in [0.5, 0.6) is 0 Å².